The summed E-state index contributed by atoms with van der Waals surface area (Å²) < 4.78 is 19.6. The molecule has 37 heavy (non-hydrogen) atoms. The topological polar surface area (TPSA) is 73.1 Å². The van der Waals surface area contributed by atoms with E-state index in [1.807, 2.05) is 55.5 Å². The number of benzene rings is 3. The first kappa shape index (κ1) is 27.2. The van der Waals surface area contributed by atoms with Gasteiger partial charge in [-0.1, -0.05) is 51.8 Å². The maximum atomic E-state index is 12.6. The van der Waals surface area contributed by atoms with Gasteiger partial charge in [0.1, 0.15) is 12.2 Å². The minimum Gasteiger partial charge on any atom is -0.490 e. The average Bonchev–Trinajstić information content (AvgIpc) is 3.29. The van der Waals surface area contributed by atoms with E-state index >= 15 is 0 Å². The summed E-state index contributed by atoms with van der Waals surface area (Å²) >= 11 is 11.9. The number of ether oxygens (including phenoxy) is 2. The largest absolute Gasteiger partial charge is 0.490 e. The summed E-state index contributed by atoms with van der Waals surface area (Å²) in [5.41, 5.74) is 5.66. The van der Waals surface area contributed by atoms with Crippen molar-refractivity contribution in [2.24, 2.45) is 5.10 Å². The van der Waals surface area contributed by atoms with E-state index in [4.69, 9.17) is 25.5 Å². The number of rotatable bonds is 10. The van der Waals surface area contributed by atoms with Crippen LogP contribution in [0, 0.1) is 3.57 Å². The number of carbonyl (C=O) groups excluding carboxylic acids is 1. The molecule has 9 heteroatoms. The van der Waals surface area contributed by atoms with E-state index in [0.717, 1.165) is 30.1 Å². The maximum absolute atomic E-state index is 12.6. The summed E-state index contributed by atoms with van der Waals surface area (Å²) in [4.78, 5) is 12.6. The van der Waals surface area contributed by atoms with Gasteiger partial charge in [-0.3, -0.25) is 4.79 Å². The Morgan fingerprint density at radius 2 is 2.00 bits per heavy atom. The van der Waals surface area contributed by atoms with Crippen molar-refractivity contribution in [1.82, 2.24) is 5.43 Å². The Hall–Kier alpha value is -2.82. The molecule has 1 N–H and O–H groups in total. The molecule has 1 amide bonds. The molecule has 0 aliphatic carbocycles. The lowest BCUT2D eigenvalue weighted by atomic mass is 10.1. The number of fused-ring (bicyclic) bond motifs is 1. The summed E-state index contributed by atoms with van der Waals surface area (Å²) in [7, 11) is 0. The molecule has 4 aromatic rings. The summed E-state index contributed by atoms with van der Waals surface area (Å²) in [5, 5.41) is 5.60. The SMILES string of the molecule is C=CCc1cc(/C=N\NC(=O)c2cc3cc(Br)cc(I)c3o2)cc(OCC)c1OCc1ccccc1Cl. The van der Waals surface area contributed by atoms with Crippen molar-refractivity contribution >= 4 is 73.2 Å². The van der Waals surface area contributed by atoms with Gasteiger partial charge in [0.2, 0.25) is 0 Å². The number of halogens is 3. The van der Waals surface area contributed by atoms with E-state index in [1.165, 1.54) is 0 Å². The molecular weight excluding hydrogens is 671 g/mol. The van der Waals surface area contributed by atoms with Crippen molar-refractivity contribution < 1.29 is 18.7 Å². The Balaban J connectivity index is 1.54. The van der Waals surface area contributed by atoms with Gasteiger partial charge in [0.25, 0.3) is 0 Å². The van der Waals surface area contributed by atoms with Gasteiger partial charge in [0.05, 0.1) is 16.4 Å². The molecule has 0 saturated carbocycles. The van der Waals surface area contributed by atoms with Crippen LogP contribution in [-0.4, -0.2) is 18.7 Å². The fraction of sp³-hybridized carbons (Fsp3) is 0.143. The highest BCUT2D eigenvalue weighted by molar-refractivity contribution is 14.1. The number of hydrogen-bond donors (Lipinski definition) is 1. The van der Waals surface area contributed by atoms with Crippen molar-refractivity contribution in [3.63, 3.8) is 0 Å². The van der Waals surface area contributed by atoms with Crippen LogP contribution in [-0.2, 0) is 13.0 Å². The first-order valence-electron chi connectivity index (χ1n) is 11.4. The maximum Gasteiger partial charge on any atom is 0.307 e. The second-order valence-corrected chi connectivity index (χ2v) is 10.4. The molecule has 0 bridgehead atoms. The Kier molecular flexibility index (Phi) is 9.28. The average molecular weight is 694 g/mol. The van der Waals surface area contributed by atoms with Crippen molar-refractivity contribution in [2.45, 2.75) is 20.0 Å². The molecule has 0 atom stereocenters. The first-order valence-corrected chi connectivity index (χ1v) is 13.6. The monoisotopic (exact) mass is 692 g/mol. The second kappa shape index (κ2) is 12.6. The third-order valence-corrected chi connectivity index (χ3v) is 6.92. The molecule has 0 aliphatic heterocycles. The summed E-state index contributed by atoms with van der Waals surface area (Å²) in [5.74, 6) is 0.911. The van der Waals surface area contributed by atoms with Gasteiger partial charge in [-0.25, -0.2) is 5.43 Å². The quantitative estimate of drug-likeness (QED) is 0.0793. The predicted molar refractivity (Wildman–Crippen MR) is 159 cm³/mol. The van der Waals surface area contributed by atoms with Crippen LogP contribution in [0.25, 0.3) is 11.0 Å². The number of allylic oxidation sites excluding steroid dienone is 1. The predicted octanol–water partition coefficient (Wildman–Crippen LogP) is 7.92. The Bertz CT molecular complexity index is 1480. The fourth-order valence-corrected chi connectivity index (χ4v) is 5.52. The number of furan rings is 1. The van der Waals surface area contributed by atoms with Crippen molar-refractivity contribution in [3.8, 4) is 11.5 Å². The van der Waals surface area contributed by atoms with Crippen LogP contribution in [0.1, 0.15) is 34.2 Å². The van der Waals surface area contributed by atoms with Crippen LogP contribution < -0.4 is 14.9 Å². The van der Waals surface area contributed by atoms with E-state index in [0.29, 0.717) is 41.7 Å². The number of hydrazone groups is 1. The minimum absolute atomic E-state index is 0.175. The molecular formula is C28H23BrClIN2O4. The highest BCUT2D eigenvalue weighted by Crippen LogP contribution is 2.35. The number of nitrogens with one attached hydrogen (secondary N) is 1. The minimum atomic E-state index is -0.449. The van der Waals surface area contributed by atoms with Gasteiger partial charge in [-0.05, 0) is 77.9 Å². The zero-order valence-corrected chi connectivity index (χ0v) is 24.4. The van der Waals surface area contributed by atoms with E-state index in [9.17, 15) is 4.79 Å². The second-order valence-electron chi connectivity index (χ2n) is 7.93. The zero-order chi connectivity index (χ0) is 26.4. The van der Waals surface area contributed by atoms with E-state index in [-0.39, 0.29) is 5.76 Å². The Labute approximate surface area is 241 Å². The lowest BCUT2D eigenvalue weighted by Gasteiger charge is -2.17. The van der Waals surface area contributed by atoms with Crippen LogP contribution >= 0.6 is 50.1 Å². The van der Waals surface area contributed by atoms with E-state index < -0.39 is 5.91 Å². The highest BCUT2D eigenvalue weighted by Gasteiger charge is 2.16. The fourth-order valence-electron chi connectivity index (χ4n) is 3.67. The van der Waals surface area contributed by atoms with Gasteiger partial charge >= 0.3 is 5.91 Å². The van der Waals surface area contributed by atoms with Crippen molar-refractivity contribution in [3.05, 3.63) is 103 Å². The molecule has 1 aromatic heterocycles. The van der Waals surface area contributed by atoms with Gasteiger partial charge in [0.15, 0.2) is 17.3 Å². The highest BCUT2D eigenvalue weighted by atomic mass is 127. The van der Waals surface area contributed by atoms with Crippen LogP contribution in [0.5, 0.6) is 11.5 Å². The van der Waals surface area contributed by atoms with Gasteiger partial charge in [-0.2, -0.15) is 5.10 Å². The van der Waals surface area contributed by atoms with Crippen LogP contribution in [0.3, 0.4) is 0 Å². The number of nitrogens with zero attached hydrogens (tertiary/aromatic N) is 1. The number of amides is 1. The molecule has 1 heterocycles. The lowest BCUT2D eigenvalue weighted by molar-refractivity contribution is 0.0929. The molecule has 0 unspecified atom stereocenters. The number of carbonyl (C=O) groups is 1. The van der Waals surface area contributed by atoms with Crippen LogP contribution in [0.15, 0.2) is 81.2 Å². The Morgan fingerprint density at radius 3 is 2.76 bits per heavy atom. The van der Waals surface area contributed by atoms with Gasteiger partial charge < -0.3 is 13.9 Å². The summed E-state index contributed by atoms with van der Waals surface area (Å²) in [6.07, 6.45) is 3.89. The van der Waals surface area contributed by atoms with Crippen LogP contribution in [0.4, 0.5) is 0 Å². The summed E-state index contributed by atoms with van der Waals surface area (Å²) in [6.45, 7) is 6.51. The summed E-state index contributed by atoms with van der Waals surface area (Å²) in [6, 6.07) is 16.8. The molecule has 0 spiro atoms. The standard InChI is InChI=1S/C28H23BrClIN2O4/c1-3-7-18-10-17(11-24(35-4-2)27(18)36-16-19-8-5-6-9-22(19)30)15-32-33-28(34)25-13-20-12-21(29)14-23(31)26(20)37-25/h3,5-6,8-15H,1,4,7,16H2,2H3,(H,33,34)/b32-15-. The normalized spacial score (nSPS) is 11.1. The van der Waals surface area contributed by atoms with E-state index in [2.05, 4.69) is 55.6 Å². The van der Waals surface area contributed by atoms with Crippen molar-refractivity contribution in [1.29, 1.82) is 0 Å². The molecule has 6 nitrogen and oxygen atoms in total. The number of hydrogen-bond acceptors (Lipinski definition) is 5. The molecule has 190 valence electrons. The molecule has 0 saturated heterocycles. The van der Waals surface area contributed by atoms with E-state index in [1.54, 1.807) is 18.4 Å². The lowest BCUT2D eigenvalue weighted by Crippen LogP contribution is -2.16. The molecule has 4 rings (SSSR count). The smallest absolute Gasteiger partial charge is 0.307 e. The third-order valence-electron chi connectivity index (χ3n) is 5.29. The van der Waals surface area contributed by atoms with Gasteiger partial charge in [0, 0.05) is 26.0 Å². The Morgan fingerprint density at radius 1 is 1.19 bits per heavy atom. The van der Waals surface area contributed by atoms with Crippen molar-refractivity contribution in [2.75, 3.05) is 6.61 Å². The third kappa shape index (κ3) is 6.74. The molecule has 0 aliphatic rings. The first-order chi connectivity index (χ1) is 17.9. The van der Waals surface area contributed by atoms with Crippen LogP contribution in [0.2, 0.25) is 5.02 Å². The van der Waals surface area contributed by atoms with Gasteiger partial charge in [-0.15, -0.1) is 6.58 Å². The molecule has 3 aromatic carbocycles. The molecule has 0 fully saturated rings. The molecule has 0 radical (unpaired) electrons. The zero-order valence-electron chi connectivity index (χ0n) is 19.9.